The number of nitrogens with zero attached hydrogens (tertiary/aromatic N) is 3. The maximum absolute atomic E-state index is 16.1. The first-order chi connectivity index (χ1) is 18.8. The Hall–Kier alpha value is -3.58. The molecular weight excluding hydrogens is 533 g/mol. The van der Waals surface area contributed by atoms with Gasteiger partial charge in [0.1, 0.15) is 40.5 Å². The van der Waals surface area contributed by atoms with Crippen LogP contribution in [0, 0.1) is 17.5 Å². The summed E-state index contributed by atoms with van der Waals surface area (Å²) in [4.78, 5) is 3.12. The summed E-state index contributed by atoms with van der Waals surface area (Å²) in [7, 11) is -3.46. The van der Waals surface area contributed by atoms with Crippen molar-refractivity contribution in [2.24, 2.45) is 0 Å². The summed E-state index contributed by atoms with van der Waals surface area (Å²) in [6, 6.07) is 9.96. The Morgan fingerprint density at radius 3 is 2.59 bits per heavy atom. The number of nitrogens with one attached hydrogen (secondary N) is 1. The third kappa shape index (κ3) is 5.59. The lowest BCUT2D eigenvalue weighted by Crippen LogP contribution is -2.31. The maximum atomic E-state index is 16.1. The van der Waals surface area contributed by atoms with Gasteiger partial charge in [-0.3, -0.25) is 4.98 Å². The standard InChI is InChI=1S/C27H25F3N4O4S/c1-37-27(33-39(35,36)23-15-18(28)8-9-22(23)29)20-6-4-5-19(25(20)30)26-21(17-10-12-31-13-11-17)16-34(32-26)24-7-2-3-14-38-24/h4-6,8-13,15-16,24,27,33H,2-3,7,14H2,1H3. The quantitative estimate of drug-likeness (QED) is 0.293. The van der Waals surface area contributed by atoms with Gasteiger partial charge in [0, 0.05) is 49.0 Å². The molecule has 0 amide bonds. The SMILES string of the molecule is COC(NS(=O)(=O)c1cc(F)ccc1F)c1cccc(-c2nn(C3CCCCO3)cc2-c2ccncc2)c1F. The summed E-state index contributed by atoms with van der Waals surface area (Å²) >= 11 is 0. The molecule has 39 heavy (non-hydrogen) atoms. The summed E-state index contributed by atoms with van der Waals surface area (Å²) in [5.74, 6) is -2.90. The van der Waals surface area contributed by atoms with Crippen molar-refractivity contribution in [1.82, 2.24) is 19.5 Å². The third-order valence-corrected chi connectivity index (χ3v) is 7.84. The van der Waals surface area contributed by atoms with Crippen LogP contribution >= 0.6 is 0 Å². The fourth-order valence-electron chi connectivity index (χ4n) is 4.47. The first-order valence-corrected chi connectivity index (χ1v) is 13.7. The van der Waals surface area contributed by atoms with Crippen LogP contribution in [0.3, 0.4) is 0 Å². The van der Waals surface area contributed by atoms with Crippen LogP contribution in [0.1, 0.15) is 37.3 Å². The molecule has 3 heterocycles. The van der Waals surface area contributed by atoms with Crippen LogP contribution in [0.5, 0.6) is 0 Å². The van der Waals surface area contributed by atoms with Crippen molar-refractivity contribution in [1.29, 1.82) is 0 Å². The largest absolute Gasteiger partial charge is 0.361 e. The van der Waals surface area contributed by atoms with Gasteiger partial charge in [0.15, 0.2) is 0 Å². The van der Waals surface area contributed by atoms with E-state index in [1.54, 1.807) is 35.4 Å². The molecule has 1 aliphatic rings. The summed E-state index contributed by atoms with van der Waals surface area (Å²) in [6.07, 6.45) is 5.83. The Morgan fingerprint density at radius 2 is 1.87 bits per heavy atom. The molecule has 204 valence electrons. The highest BCUT2D eigenvalue weighted by atomic mass is 32.2. The molecule has 2 atom stereocenters. The van der Waals surface area contributed by atoms with E-state index in [-0.39, 0.29) is 17.4 Å². The molecule has 2 aromatic carbocycles. The molecule has 4 aromatic rings. The number of hydrogen-bond acceptors (Lipinski definition) is 6. The second kappa shape index (κ2) is 11.3. The molecule has 1 saturated heterocycles. The van der Waals surface area contributed by atoms with Crippen molar-refractivity contribution in [3.8, 4) is 22.4 Å². The predicted octanol–water partition coefficient (Wildman–Crippen LogP) is 5.35. The molecule has 12 heteroatoms. The Bertz CT molecular complexity index is 1580. The average molecular weight is 559 g/mol. The fourth-order valence-corrected chi connectivity index (χ4v) is 5.70. The van der Waals surface area contributed by atoms with Gasteiger partial charge in [-0.05, 0) is 61.2 Å². The lowest BCUT2D eigenvalue weighted by atomic mass is 10.00. The zero-order chi connectivity index (χ0) is 27.6. The van der Waals surface area contributed by atoms with Gasteiger partial charge in [-0.2, -0.15) is 9.82 Å². The minimum atomic E-state index is -4.63. The van der Waals surface area contributed by atoms with Crippen molar-refractivity contribution in [3.05, 3.63) is 90.1 Å². The number of halogens is 3. The molecule has 1 N–H and O–H groups in total. The second-order valence-electron chi connectivity index (χ2n) is 8.95. The molecule has 0 radical (unpaired) electrons. The van der Waals surface area contributed by atoms with Crippen molar-refractivity contribution in [2.75, 3.05) is 13.7 Å². The molecular formula is C27H25F3N4O4S. The van der Waals surface area contributed by atoms with E-state index in [0.29, 0.717) is 30.0 Å². The first kappa shape index (κ1) is 27.0. The smallest absolute Gasteiger partial charge is 0.246 e. The zero-order valence-corrected chi connectivity index (χ0v) is 21.7. The number of methoxy groups -OCH3 is 1. The van der Waals surface area contributed by atoms with Crippen LogP contribution in [-0.4, -0.2) is 36.9 Å². The maximum Gasteiger partial charge on any atom is 0.246 e. The van der Waals surface area contributed by atoms with E-state index < -0.39 is 38.6 Å². The van der Waals surface area contributed by atoms with Crippen molar-refractivity contribution in [3.63, 3.8) is 0 Å². The topological polar surface area (TPSA) is 95.3 Å². The van der Waals surface area contributed by atoms with Gasteiger partial charge in [-0.15, -0.1) is 0 Å². The van der Waals surface area contributed by atoms with Gasteiger partial charge in [0.25, 0.3) is 0 Å². The zero-order valence-electron chi connectivity index (χ0n) is 20.9. The molecule has 8 nitrogen and oxygen atoms in total. The fraction of sp³-hybridized carbons (Fsp3) is 0.259. The highest BCUT2D eigenvalue weighted by Crippen LogP contribution is 2.36. The van der Waals surface area contributed by atoms with Crippen LogP contribution < -0.4 is 4.72 Å². The van der Waals surface area contributed by atoms with Crippen LogP contribution in [0.25, 0.3) is 22.4 Å². The molecule has 1 fully saturated rings. The Morgan fingerprint density at radius 1 is 1.08 bits per heavy atom. The summed E-state index contributed by atoms with van der Waals surface area (Å²) in [5.41, 5.74) is 1.60. The lowest BCUT2D eigenvalue weighted by molar-refractivity contribution is -0.0393. The number of sulfonamides is 1. The van der Waals surface area contributed by atoms with Gasteiger partial charge >= 0.3 is 0 Å². The van der Waals surface area contributed by atoms with E-state index in [9.17, 15) is 17.2 Å². The van der Waals surface area contributed by atoms with Crippen LogP contribution in [0.2, 0.25) is 0 Å². The van der Waals surface area contributed by atoms with Gasteiger partial charge < -0.3 is 9.47 Å². The average Bonchev–Trinajstić information content (AvgIpc) is 3.39. The first-order valence-electron chi connectivity index (χ1n) is 12.2. The molecule has 0 spiro atoms. The van der Waals surface area contributed by atoms with Crippen LogP contribution in [-0.2, 0) is 19.5 Å². The molecule has 0 saturated carbocycles. The predicted molar refractivity (Wildman–Crippen MR) is 136 cm³/mol. The van der Waals surface area contributed by atoms with E-state index in [0.717, 1.165) is 30.9 Å². The number of ether oxygens (including phenoxy) is 2. The number of benzene rings is 2. The number of pyridine rings is 1. The Kier molecular flexibility index (Phi) is 7.80. The number of aromatic nitrogens is 3. The summed E-state index contributed by atoms with van der Waals surface area (Å²) in [6.45, 7) is 0.593. The van der Waals surface area contributed by atoms with E-state index in [2.05, 4.69) is 14.8 Å². The van der Waals surface area contributed by atoms with Crippen LogP contribution in [0.4, 0.5) is 13.2 Å². The molecule has 0 bridgehead atoms. The molecule has 0 aliphatic carbocycles. The highest BCUT2D eigenvalue weighted by molar-refractivity contribution is 7.89. The van der Waals surface area contributed by atoms with Crippen LogP contribution in [0.15, 0.2) is 72.0 Å². The van der Waals surface area contributed by atoms with E-state index in [1.807, 2.05) is 0 Å². The molecule has 5 rings (SSSR count). The van der Waals surface area contributed by atoms with Crippen molar-refractivity contribution in [2.45, 2.75) is 36.6 Å². The van der Waals surface area contributed by atoms with Crippen molar-refractivity contribution < 1.29 is 31.1 Å². The number of rotatable bonds is 8. The molecule has 2 unspecified atom stereocenters. The van der Waals surface area contributed by atoms with Gasteiger partial charge in [0.05, 0.1) is 0 Å². The minimum Gasteiger partial charge on any atom is -0.361 e. The summed E-state index contributed by atoms with van der Waals surface area (Å²) < 4.78 is 84.7. The third-order valence-electron chi connectivity index (χ3n) is 6.42. The van der Waals surface area contributed by atoms with E-state index >= 15 is 4.39 Å². The summed E-state index contributed by atoms with van der Waals surface area (Å²) in [5, 5.41) is 4.67. The van der Waals surface area contributed by atoms with Gasteiger partial charge in [-0.25, -0.2) is 26.3 Å². The Labute approximate surface area is 223 Å². The van der Waals surface area contributed by atoms with Gasteiger partial charge in [0.2, 0.25) is 10.0 Å². The molecule has 2 aromatic heterocycles. The normalized spacial score (nSPS) is 16.8. The second-order valence-corrected chi connectivity index (χ2v) is 10.6. The van der Waals surface area contributed by atoms with E-state index in [1.165, 1.54) is 25.3 Å². The van der Waals surface area contributed by atoms with Crippen molar-refractivity contribution >= 4 is 10.0 Å². The van der Waals surface area contributed by atoms with E-state index in [4.69, 9.17) is 9.47 Å². The minimum absolute atomic E-state index is 0.0899. The highest BCUT2D eigenvalue weighted by Gasteiger charge is 2.29. The number of hydrogen-bond donors (Lipinski definition) is 1. The monoisotopic (exact) mass is 558 g/mol. The van der Waals surface area contributed by atoms with Gasteiger partial charge in [-0.1, -0.05) is 12.1 Å². The molecule has 1 aliphatic heterocycles. The Balaban J connectivity index is 1.56. The lowest BCUT2D eigenvalue weighted by Gasteiger charge is -2.22.